The largest absolute Gasteiger partial charge is 0.337 e. The Labute approximate surface area is 130 Å². The van der Waals surface area contributed by atoms with Crippen LogP contribution in [0.2, 0.25) is 0 Å². The zero-order valence-electron chi connectivity index (χ0n) is 12.7. The van der Waals surface area contributed by atoms with Crippen molar-refractivity contribution in [2.75, 3.05) is 0 Å². The first kappa shape index (κ1) is 16.0. The number of halogens is 1. The summed E-state index contributed by atoms with van der Waals surface area (Å²) in [5.74, 6) is 1.21. The topological polar surface area (TPSA) is 82.8 Å². The van der Waals surface area contributed by atoms with Gasteiger partial charge in [0.1, 0.15) is 6.04 Å². The molecule has 3 rings (SSSR count). The number of nitrogens with two attached hydrogens (primary N) is 1. The minimum absolute atomic E-state index is 0. The predicted molar refractivity (Wildman–Crippen MR) is 81.4 cm³/mol. The van der Waals surface area contributed by atoms with E-state index in [9.17, 15) is 0 Å². The molecule has 1 fully saturated rings. The smallest absolute Gasteiger partial charge is 0.251 e. The lowest BCUT2D eigenvalue weighted by Crippen LogP contribution is -2.34. The van der Waals surface area contributed by atoms with Crippen LogP contribution in [0.1, 0.15) is 61.8 Å². The van der Waals surface area contributed by atoms with Gasteiger partial charge in [-0.15, -0.1) is 12.4 Å². The third kappa shape index (κ3) is 2.82. The summed E-state index contributed by atoms with van der Waals surface area (Å²) >= 11 is 0. The lowest BCUT2D eigenvalue weighted by atomic mass is 9.99. The first-order valence-corrected chi connectivity index (χ1v) is 7.15. The van der Waals surface area contributed by atoms with Crippen molar-refractivity contribution in [3.8, 4) is 0 Å². The summed E-state index contributed by atoms with van der Waals surface area (Å²) < 4.78 is 7.33. The highest BCUT2D eigenvalue weighted by Gasteiger charge is 2.36. The second kappa shape index (κ2) is 5.77. The van der Waals surface area contributed by atoms with Crippen molar-refractivity contribution in [1.29, 1.82) is 0 Å². The maximum absolute atomic E-state index is 6.36. The van der Waals surface area contributed by atoms with E-state index in [2.05, 4.69) is 15.2 Å². The molecule has 2 N–H and O–H groups in total. The average molecular weight is 312 g/mol. The molecule has 0 amide bonds. The average Bonchev–Trinajstić information content (AvgIpc) is 3.09. The number of hydrogen-bond donors (Lipinski definition) is 1. The monoisotopic (exact) mass is 311 g/mol. The van der Waals surface area contributed by atoms with Crippen molar-refractivity contribution < 1.29 is 4.52 Å². The fourth-order valence-corrected chi connectivity index (χ4v) is 2.98. The SMILES string of the molecule is Cc1cc(C)n(C(C)c2nc(C3(N)CCCC3)no2)n1.Cl. The van der Waals surface area contributed by atoms with Gasteiger partial charge in [0.25, 0.3) is 5.89 Å². The van der Waals surface area contributed by atoms with E-state index in [1.165, 1.54) is 0 Å². The zero-order chi connectivity index (χ0) is 14.3. The van der Waals surface area contributed by atoms with Crippen LogP contribution >= 0.6 is 12.4 Å². The van der Waals surface area contributed by atoms with Crippen LogP contribution in [0.4, 0.5) is 0 Å². The maximum Gasteiger partial charge on any atom is 0.251 e. The molecule has 1 saturated carbocycles. The van der Waals surface area contributed by atoms with Crippen LogP contribution in [-0.2, 0) is 5.54 Å². The van der Waals surface area contributed by atoms with Crippen LogP contribution < -0.4 is 5.73 Å². The van der Waals surface area contributed by atoms with E-state index in [0.717, 1.165) is 37.1 Å². The number of rotatable bonds is 3. The molecule has 1 aliphatic carbocycles. The molecular weight excluding hydrogens is 290 g/mol. The minimum atomic E-state index is -0.406. The third-order valence-corrected chi connectivity index (χ3v) is 4.15. The molecule has 0 aromatic carbocycles. The molecule has 2 aromatic rings. The number of aromatic nitrogens is 4. The van der Waals surface area contributed by atoms with Gasteiger partial charge in [0.15, 0.2) is 5.82 Å². The van der Waals surface area contributed by atoms with Crippen molar-refractivity contribution in [2.45, 2.75) is 58.0 Å². The van der Waals surface area contributed by atoms with E-state index >= 15 is 0 Å². The van der Waals surface area contributed by atoms with Crippen molar-refractivity contribution in [3.05, 3.63) is 29.2 Å². The highest BCUT2D eigenvalue weighted by Crippen LogP contribution is 2.35. The van der Waals surface area contributed by atoms with Crippen molar-refractivity contribution >= 4 is 12.4 Å². The standard InChI is InChI=1S/C14H21N5O.ClH/c1-9-8-10(2)19(17-9)11(3)12-16-13(18-20-12)14(15)6-4-5-7-14;/h8,11H,4-7,15H2,1-3H3;1H. The molecule has 2 heterocycles. The highest BCUT2D eigenvalue weighted by atomic mass is 35.5. The van der Waals surface area contributed by atoms with E-state index < -0.39 is 5.54 Å². The number of hydrogen-bond acceptors (Lipinski definition) is 5. The highest BCUT2D eigenvalue weighted by molar-refractivity contribution is 5.85. The van der Waals surface area contributed by atoms with Gasteiger partial charge in [-0.2, -0.15) is 10.1 Å². The molecule has 0 radical (unpaired) electrons. The third-order valence-electron chi connectivity index (χ3n) is 4.15. The van der Waals surface area contributed by atoms with Gasteiger partial charge in [-0.25, -0.2) is 0 Å². The molecule has 1 unspecified atom stereocenters. The first-order valence-electron chi connectivity index (χ1n) is 7.15. The Bertz CT molecular complexity index is 615. The molecular formula is C14H22ClN5O. The van der Waals surface area contributed by atoms with Crippen LogP contribution in [0, 0.1) is 13.8 Å². The maximum atomic E-state index is 6.36. The summed E-state index contributed by atoms with van der Waals surface area (Å²) in [5, 5.41) is 8.57. The Hall–Kier alpha value is -1.40. The van der Waals surface area contributed by atoms with Gasteiger partial charge in [0.05, 0.1) is 11.2 Å². The van der Waals surface area contributed by atoms with E-state index in [1.54, 1.807) is 0 Å². The minimum Gasteiger partial charge on any atom is -0.337 e. The van der Waals surface area contributed by atoms with Crippen LogP contribution in [0.15, 0.2) is 10.6 Å². The molecule has 0 saturated heterocycles. The van der Waals surface area contributed by atoms with Crippen LogP contribution in [-0.4, -0.2) is 19.9 Å². The summed E-state index contributed by atoms with van der Waals surface area (Å²) in [6.45, 7) is 6.01. The van der Waals surface area contributed by atoms with Gasteiger partial charge < -0.3 is 10.3 Å². The molecule has 1 aliphatic rings. The van der Waals surface area contributed by atoms with Crippen LogP contribution in [0.3, 0.4) is 0 Å². The summed E-state index contributed by atoms with van der Waals surface area (Å²) in [5.41, 5.74) is 8.02. The van der Waals surface area contributed by atoms with Crippen molar-refractivity contribution in [3.63, 3.8) is 0 Å². The van der Waals surface area contributed by atoms with E-state index in [0.29, 0.717) is 11.7 Å². The summed E-state index contributed by atoms with van der Waals surface area (Å²) in [4.78, 5) is 4.53. The van der Waals surface area contributed by atoms with Crippen molar-refractivity contribution in [1.82, 2.24) is 19.9 Å². The molecule has 21 heavy (non-hydrogen) atoms. The zero-order valence-corrected chi connectivity index (χ0v) is 13.5. The molecule has 2 aromatic heterocycles. The Morgan fingerprint density at radius 2 is 2.00 bits per heavy atom. The van der Waals surface area contributed by atoms with Gasteiger partial charge in [0, 0.05) is 5.69 Å². The van der Waals surface area contributed by atoms with E-state index in [4.69, 9.17) is 10.3 Å². The summed E-state index contributed by atoms with van der Waals surface area (Å²) in [7, 11) is 0. The van der Waals surface area contributed by atoms with E-state index in [1.807, 2.05) is 31.5 Å². The Morgan fingerprint density at radius 3 is 2.57 bits per heavy atom. The lowest BCUT2D eigenvalue weighted by Gasteiger charge is -2.17. The van der Waals surface area contributed by atoms with Crippen LogP contribution in [0.25, 0.3) is 0 Å². The quantitative estimate of drug-likeness (QED) is 0.942. The van der Waals surface area contributed by atoms with Gasteiger partial charge in [-0.05, 0) is 39.7 Å². The second-order valence-corrected chi connectivity index (χ2v) is 5.87. The number of nitrogens with zero attached hydrogens (tertiary/aromatic N) is 4. The van der Waals surface area contributed by atoms with Gasteiger partial charge in [-0.3, -0.25) is 4.68 Å². The summed E-state index contributed by atoms with van der Waals surface area (Å²) in [6, 6.07) is 1.96. The van der Waals surface area contributed by atoms with Gasteiger partial charge in [-0.1, -0.05) is 18.0 Å². The molecule has 7 heteroatoms. The normalized spacial score (nSPS) is 18.5. The van der Waals surface area contributed by atoms with Gasteiger partial charge in [0.2, 0.25) is 0 Å². The number of aryl methyl sites for hydroxylation is 2. The van der Waals surface area contributed by atoms with Gasteiger partial charge >= 0.3 is 0 Å². The molecule has 0 aliphatic heterocycles. The molecule has 0 bridgehead atoms. The first-order chi connectivity index (χ1) is 9.49. The molecule has 1 atom stereocenters. The van der Waals surface area contributed by atoms with Crippen molar-refractivity contribution in [2.24, 2.45) is 5.73 Å². The molecule has 0 spiro atoms. The Morgan fingerprint density at radius 1 is 1.33 bits per heavy atom. The fraction of sp³-hybridized carbons (Fsp3) is 0.643. The van der Waals surface area contributed by atoms with E-state index in [-0.39, 0.29) is 18.4 Å². The molecule has 116 valence electrons. The Kier molecular flexibility index (Phi) is 4.39. The summed E-state index contributed by atoms with van der Waals surface area (Å²) in [6.07, 6.45) is 4.13. The predicted octanol–water partition coefficient (Wildman–Crippen LogP) is 2.64. The van der Waals surface area contributed by atoms with Crippen LogP contribution in [0.5, 0.6) is 0 Å². The Balaban J connectivity index is 0.00000161. The lowest BCUT2D eigenvalue weighted by molar-refractivity contribution is 0.320. The fourth-order valence-electron chi connectivity index (χ4n) is 2.98. The molecule has 6 nitrogen and oxygen atoms in total. The second-order valence-electron chi connectivity index (χ2n) is 5.87.